The monoisotopic (exact) mass is 343 g/mol. The third-order valence-corrected chi connectivity index (χ3v) is 4.39. The molecule has 0 amide bonds. The van der Waals surface area contributed by atoms with Gasteiger partial charge >= 0.3 is 0 Å². The van der Waals surface area contributed by atoms with E-state index in [0.29, 0.717) is 5.56 Å². The maximum atomic E-state index is 11.5. The molecule has 0 fully saturated rings. The Morgan fingerprint density at radius 1 is 0.808 bits per heavy atom. The highest BCUT2D eigenvalue weighted by Gasteiger charge is 2.24. The number of fused-ring (bicyclic) bond motifs is 1. The van der Waals surface area contributed by atoms with Gasteiger partial charge in [-0.05, 0) is 29.8 Å². The van der Waals surface area contributed by atoms with Gasteiger partial charge in [-0.1, -0.05) is 54.6 Å². The summed E-state index contributed by atoms with van der Waals surface area (Å²) in [5, 5.41) is 18.4. The van der Waals surface area contributed by atoms with Gasteiger partial charge in [-0.2, -0.15) is 0 Å². The normalized spacial score (nSPS) is 15.7. The molecule has 0 spiro atoms. The lowest BCUT2D eigenvalue weighted by molar-refractivity contribution is -0.385. The highest BCUT2D eigenvalue weighted by atomic mass is 16.6. The average molecular weight is 343 g/mol. The first kappa shape index (κ1) is 15.9. The van der Waals surface area contributed by atoms with Crippen LogP contribution < -0.4 is 10.6 Å². The predicted molar refractivity (Wildman–Crippen MR) is 104 cm³/mol. The van der Waals surface area contributed by atoms with Crippen molar-refractivity contribution in [3.05, 3.63) is 106 Å². The van der Waals surface area contributed by atoms with Crippen molar-refractivity contribution in [3.8, 4) is 0 Å². The van der Waals surface area contributed by atoms with Gasteiger partial charge in [0.2, 0.25) is 0 Å². The molecule has 1 heterocycles. The van der Waals surface area contributed by atoms with Crippen LogP contribution in [0.2, 0.25) is 0 Å². The Balaban J connectivity index is 1.87. The van der Waals surface area contributed by atoms with Crippen molar-refractivity contribution in [2.24, 2.45) is 0 Å². The number of hydrogen-bond acceptors (Lipinski definition) is 4. The van der Waals surface area contributed by atoms with E-state index in [9.17, 15) is 10.1 Å². The molecule has 128 valence electrons. The second-order valence-electron chi connectivity index (χ2n) is 6.05. The molecule has 0 saturated carbocycles. The Hall–Kier alpha value is -3.60. The Kier molecular flexibility index (Phi) is 4.11. The zero-order chi connectivity index (χ0) is 17.9. The number of benzene rings is 3. The minimum absolute atomic E-state index is 0.105. The van der Waals surface area contributed by atoms with Crippen LogP contribution in [0.25, 0.3) is 5.70 Å². The number of nitro benzene ring substituents is 1. The largest absolute Gasteiger partial charge is 0.373 e. The summed E-state index contributed by atoms with van der Waals surface area (Å²) in [6.45, 7) is 0. The summed E-state index contributed by atoms with van der Waals surface area (Å²) >= 11 is 0. The van der Waals surface area contributed by atoms with Crippen molar-refractivity contribution in [1.82, 2.24) is 0 Å². The van der Waals surface area contributed by atoms with Gasteiger partial charge in [0, 0.05) is 11.8 Å². The molecule has 1 aliphatic heterocycles. The first-order chi connectivity index (χ1) is 12.7. The maximum absolute atomic E-state index is 11.5. The molecule has 26 heavy (non-hydrogen) atoms. The van der Waals surface area contributed by atoms with Gasteiger partial charge in [0.05, 0.1) is 27.9 Å². The number of para-hydroxylation sites is 3. The summed E-state index contributed by atoms with van der Waals surface area (Å²) in [6.07, 6.45) is 2.00. The van der Waals surface area contributed by atoms with E-state index in [0.717, 1.165) is 22.6 Å². The van der Waals surface area contributed by atoms with Crippen molar-refractivity contribution in [1.29, 1.82) is 0 Å². The van der Waals surface area contributed by atoms with Crippen molar-refractivity contribution < 1.29 is 4.92 Å². The highest BCUT2D eigenvalue weighted by Crippen LogP contribution is 2.37. The third-order valence-electron chi connectivity index (χ3n) is 4.39. The molecule has 1 atom stereocenters. The lowest BCUT2D eigenvalue weighted by Crippen LogP contribution is -2.10. The molecular weight excluding hydrogens is 326 g/mol. The molecule has 0 aromatic heterocycles. The second-order valence-corrected chi connectivity index (χ2v) is 6.05. The van der Waals surface area contributed by atoms with E-state index in [4.69, 9.17) is 0 Å². The first-order valence-corrected chi connectivity index (χ1v) is 8.35. The van der Waals surface area contributed by atoms with Crippen LogP contribution >= 0.6 is 0 Å². The Morgan fingerprint density at radius 3 is 2.23 bits per heavy atom. The van der Waals surface area contributed by atoms with Crippen molar-refractivity contribution in [2.75, 3.05) is 10.6 Å². The SMILES string of the molecule is O=[N+]([O-])c1ccccc1C1C=C(c2ccccc2)Nc2ccccc2N1. The molecule has 0 radical (unpaired) electrons. The van der Waals surface area contributed by atoms with E-state index in [-0.39, 0.29) is 16.7 Å². The minimum atomic E-state index is -0.336. The Morgan fingerprint density at radius 2 is 1.46 bits per heavy atom. The standard InChI is InChI=1S/C21H17N3O2/c25-24(26)21-13-7-4-10-16(21)20-14-19(15-8-2-1-3-9-15)22-17-11-5-6-12-18(17)23-20/h1-14,20,22-23H. The van der Waals surface area contributed by atoms with E-state index < -0.39 is 0 Å². The van der Waals surface area contributed by atoms with E-state index in [1.54, 1.807) is 12.1 Å². The van der Waals surface area contributed by atoms with Crippen molar-refractivity contribution >= 4 is 22.8 Å². The average Bonchev–Trinajstić information content (AvgIpc) is 2.88. The fourth-order valence-electron chi connectivity index (χ4n) is 3.15. The summed E-state index contributed by atoms with van der Waals surface area (Å²) in [5.74, 6) is 0. The van der Waals surface area contributed by atoms with Gasteiger partial charge in [0.15, 0.2) is 0 Å². The van der Waals surface area contributed by atoms with Gasteiger partial charge < -0.3 is 10.6 Å². The van der Waals surface area contributed by atoms with Crippen LogP contribution in [-0.2, 0) is 0 Å². The molecule has 2 N–H and O–H groups in total. The molecule has 5 heteroatoms. The van der Waals surface area contributed by atoms with E-state index in [2.05, 4.69) is 10.6 Å². The van der Waals surface area contributed by atoms with Crippen LogP contribution in [-0.4, -0.2) is 4.92 Å². The number of anilines is 2. The van der Waals surface area contributed by atoms with Crippen LogP contribution in [0.15, 0.2) is 84.9 Å². The van der Waals surface area contributed by atoms with Gasteiger partial charge in [-0.15, -0.1) is 0 Å². The lowest BCUT2D eigenvalue weighted by atomic mass is 10.0. The quantitative estimate of drug-likeness (QED) is 0.506. The molecule has 0 aliphatic carbocycles. The molecule has 1 unspecified atom stereocenters. The molecule has 4 rings (SSSR count). The number of hydrogen-bond donors (Lipinski definition) is 2. The van der Waals surface area contributed by atoms with Crippen LogP contribution in [0.5, 0.6) is 0 Å². The van der Waals surface area contributed by atoms with Gasteiger partial charge in [-0.3, -0.25) is 10.1 Å². The van der Waals surface area contributed by atoms with E-state index in [1.807, 2.05) is 66.7 Å². The smallest absolute Gasteiger partial charge is 0.274 e. The van der Waals surface area contributed by atoms with E-state index in [1.165, 1.54) is 6.07 Å². The Labute approximate surface area is 151 Å². The van der Waals surface area contributed by atoms with Crippen LogP contribution in [0.4, 0.5) is 17.1 Å². The molecule has 0 saturated heterocycles. The summed E-state index contributed by atoms with van der Waals surface area (Å²) in [6, 6.07) is 24.3. The zero-order valence-corrected chi connectivity index (χ0v) is 13.9. The van der Waals surface area contributed by atoms with E-state index >= 15 is 0 Å². The third kappa shape index (κ3) is 3.02. The summed E-state index contributed by atoms with van der Waals surface area (Å²) in [4.78, 5) is 11.2. The molecule has 3 aromatic rings. The Bertz CT molecular complexity index is 983. The number of nitrogens with zero attached hydrogens (tertiary/aromatic N) is 1. The number of nitro groups is 1. The van der Waals surface area contributed by atoms with Crippen LogP contribution in [0.1, 0.15) is 17.2 Å². The first-order valence-electron chi connectivity index (χ1n) is 8.35. The second kappa shape index (κ2) is 6.72. The summed E-state index contributed by atoms with van der Waals surface area (Å²) in [5.41, 5.74) is 4.50. The van der Waals surface area contributed by atoms with Crippen molar-refractivity contribution in [2.45, 2.75) is 6.04 Å². The lowest BCUT2D eigenvalue weighted by Gasteiger charge is -2.16. The van der Waals surface area contributed by atoms with Crippen LogP contribution in [0, 0.1) is 10.1 Å². The number of rotatable bonds is 3. The van der Waals surface area contributed by atoms with Crippen molar-refractivity contribution in [3.63, 3.8) is 0 Å². The zero-order valence-electron chi connectivity index (χ0n) is 13.9. The van der Waals surface area contributed by atoms with Gasteiger partial charge in [-0.25, -0.2) is 0 Å². The molecular formula is C21H17N3O2. The fraction of sp³-hybridized carbons (Fsp3) is 0.0476. The highest BCUT2D eigenvalue weighted by molar-refractivity contribution is 5.85. The minimum Gasteiger partial charge on any atom is -0.373 e. The van der Waals surface area contributed by atoms with Gasteiger partial charge in [0.25, 0.3) is 5.69 Å². The fourth-order valence-corrected chi connectivity index (χ4v) is 3.15. The van der Waals surface area contributed by atoms with Gasteiger partial charge in [0.1, 0.15) is 0 Å². The molecule has 3 aromatic carbocycles. The van der Waals surface area contributed by atoms with Crippen LogP contribution in [0.3, 0.4) is 0 Å². The summed E-state index contributed by atoms with van der Waals surface area (Å²) in [7, 11) is 0. The topological polar surface area (TPSA) is 67.2 Å². The predicted octanol–water partition coefficient (Wildman–Crippen LogP) is 5.21. The number of nitrogens with one attached hydrogen (secondary N) is 2. The molecule has 0 bridgehead atoms. The summed E-state index contributed by atoms with van der Waals surface area (Å²) < 4.78 is 0. The molecule has 1 aliphatic rings. The maximum Gasteiger partial charge on any atom is 0.274 e. The molecule has 5 nitrogen and oxygen atoms in total.